The number of carbonyl (C=O) groups excluding carboxylic acids is 1. The number of aryl methyl sites for hydroxylation is 1. The highest BCUT2D eigenvalue weighted by atomic mass is 32.1. The first kappa shape index (κ1) is 20.0. The van der Waals surface area contributed by atoms with Gasteiger partial charge in [0.2, 0.25) is 0 Å². The van der Waals surface area contributed by atoms with Crippen LogP contribution in [0.1, 0.15) is 71.8 Å². The molecule has 2 aromatic heterocycles. The molecule has 1 aliphatic heterocycles. The minimum atomic E-state index is -0.258. The summed E-state index contributed by atoms with van der Waals surface area (Å²) in [5.41, 5.74) is 4.76. The van der Waals surface area contributed by atoms with E-state index in [-0.39, 0.29) is 23.9 Å². The zero-order valence-corrected chi connectivity index (χ0v) is 19.0. The zero-order valence-electron chi connectivity index (χ0n) is 18.1. The molecular formula is C26H28FN3OS. The van der Waals surface area contributed by atoms with Crippen molar-refractivity contribution in [2.45, 2.75) is 70.0 Å². The number of thiophene rings is 1. The van der Waals surface area contributed by atoms with Crippen molar-refractivity contribution in [3.05, 3.63) is 75.7 Å². The normalized spacial score (nSPS) is 20.4. The lowest BCUT2D eigenvalue weighted by Gasteiger charge is -2.32. The van der Waals surface area contributed by atoms with E-state index in [0.717, 1.165) is 36.9 Å². The van der Waals surface area contributed by atoms with E-state index in [1.54, 1.807) is 0 Å². The smallest absolute Gasteiger partial charge is 0.318 e. The van der Waals surface area contributed by atoms with Crippen molar-refractivity contribution in [2.75, 3.05) is 0 Å². The van der Waals surface area contributed by atoms with E-state index in [1.165, 1.54) is 58.8 Å². The molecule has 1 N–H and O–H groups in total. The van der Waals surface area contributed by atoms with E-state index in [1.807, 2.05) is 28.4 Å². The summed E-state index contributed by atoms with van der Waals surface area (Å²) in [6, 6.07) is 10.8. The van der Waals surface area contributed by atoms with Gasteiger partial charge in [-0.3, -0.25) is 0 Å². The number of nitrogens with one attached hydrogen (secondary N) is 1. The Bertz CT molecular complexity index is 1140. The summed E-state index contributed by atoms with van der Waals surface area (Å²) in [7, 11) is 0. The molecule has 1 atom stereocenters. The van der Waals surface area contributed by atoms with Gasteiger partial charge >= 0.3 is 6.03 Å². The highest BCUT2D eigenvalue weighted by Crippen LogP contribution is 2.44. The molecule has 6 rings (SSSR count). The highest BCUT2D eigenvalue weighted by Gasteiger charge is 2.36. The third-order valence-electron chi connectivity index (χ3n) is 7.31. The number of hydrogen-bond acceptors (Lipinski definition) is 2. The van der Waals surface area contributed by atoms with Gasteiger partial charge in [-0.2, -0.15) is 0 Å². The van der Waals surface area contributed by atoms with Gasteiger partial charge in [0.1, 0.15) is 10.8 Å². The Morgan fingerprint density at radius 1 is 1.00 bits per heavy atom. The quantitative estimate of drug-likeness (QED) is 0.503. The van der Waals surface area contributed by atoms with Crippen LogP contribution in [0.5, 0.6) is 0 Å². The maximum atomic E-state index is 13.8. The lowest BCUT2D eigenvalue weighted by atomic mass is 9.95. The first-order chi connectivity index (χ1) is 15.7. The molecule has 32 heavy (non-hydrogen) atoms. The molecule has 0 unspecified atom stereocenters. The van der Waals surface area contributed by atoms with Crippen LogP contribution in [0.3, 0.4) is 0 Å². The summed E-state index contributed by atoms with van der Waals surface area (Å²) >= 11 is 1.89. The molecule has 0 bridgehead atoms. The summed E-state index contributed by atoms with van der Waals surface area (Å²) in [6.07, 6.45) is 11.3. The second-order valence-electron chi connectivity index (χ2n) is 9.31. The third kappa shape index (κ3) is 3.36. The van der Waals surface area contributed by atoms with Crippen LogP contribution >= 0.6 is 11.3 Å². The van der Waals surface area contributed by atoms with Crippen LogP contribution < -0.4 is 5.32 Å². The van der Waals surface area contributed by atoms with Gasteiger partial charge in [-0.15, -0.1) is 11.3 Å². The molecule has 2 aliphatic carbocycles. The minimum Gasteiger partial charge on any atom is -0.335 e. The van der Waals surface area contributed by atoms with Crippen molar-refractivity contribution in [3.8, 4) is 5.00 Å². The van der Waals surface area contributed by atoms with Crippen LogP contribution in [-0.2, 0) is 19.4 Å². The second kappa shape index (κ2) is 8.07. The van der Waals surface area contributed by atoms with Crippen molar-refractivity contribution in [1.82, 2.24) is 14.8 Å². The largest absolute Gasteiger partial charge is 0.335 e. The number of fused-ring (bicyclic) bond motifs is 5. The van der Waals surface area contributed by atoms with Gasteiger partial charge in [0.15, 0.2) is 0 Å². The number of amides is 2. The van der Waals surface area contributed by atoms with E-state index < -0.39 is 0 Å². The number of nitrogens with zero attached hydrogens (tertiary/aromatic N) is 2. The Morgan fingerprint density at radius 3 is 2.59 bits per heavy atom. The predicted octanol–water partition coefficient (Wildman–Crippen LogP) is 6.11. The summed E-state index contributed by atoms with van der Waals surface area (Å²) in [4.78, 5) is 17.2. The third-order valence-corrected chi connectivity index (χ3v) is 8.64. The Kier molecular flexibility index (Phi) is 5.05. The van der Waals surface area contributed by atoms with Gasteiger partial charge in [0, 0.05) is 22.7 Å². The molecule has 3 aromatic rings. The maximum Gasteiger partial charge on any atom is 0.318 e. The van der Waals surface area contributed by atoms with Crippen LogP contribution in [0.4, 0.5) is 9.18 Å². The standard InChI is InChI=1S/C26H28FN3OS/c27-18-13-11-17(12-14-18)24-22-9-5-15-29(22)25-21(20-8-3-4-10-23(20)32-25)16-30(24)26(31)28-19-6-1-2-7-19/h5,9,11-15,19,24H,1-4,6-8,10,16H2,(H,28,31)/t24-/m0/s1. The van der Waals surface area contributed by atoms with Crippen molar-refractivity contribution < 1.29 is 9.18 Å². The van der Waals surface area contributed by atoms with Gasteiger partial charge in [-0.05, 0) is 73.9 Å². The molecule has 166 valence electrons. The van der Waals surface area contributed by atoms with Crippen LogP contribution in [0.2, 0.25) is 0 Å². The van der Waals surface area contributed by atoms with Gasteiger partial charge in [0.25, 0.3) is 0 Å². The average molecular weight is 450 g/mol. The summed E-state index contributed by atoms with van der Waals surface area (Å²) in [6.45, 7) is 0.587. The Hall–Kier alpha value is -2.60. The van der Waals surface area contributed by atoms with Crippen molar-refractivity contribution >= 4 is 17.4 Å². The van der Waals surface area contributed by atoms with E-state index in [9.17, 15) is 9.18 Å². The summed E-state index contributed by atoms with van der Waals surface area (Å²) < 4.78 is 16.0. The molecule has 1 saturated carbocycles. The molecule has 0 radical (unpaired) electrons. The fraction of sp³-hybridized carbons (Fsp3) is 0.423. The first-order valence-corrected chi connectivity index (χ1v) is 12.6. The molecule has 1 fully saturated rings. The number of benzene rings is 1. The highest BCUT2D eigenvalue weighted by molar-refractivity contribution is 7.15. The van der Waals surface area contributed by atoms with Crippen LogP contribution in [0.15, 0.2) is 42.6 Å². The Balaban J connectivity index is 1.49. The van der Waals surface area contributed by atoms with E-state index >= 15 is 0 Å². The molecule has 1 aromatic carbocycles. The molecule has 3 heterocycles. The lowest BCUT2D eigenvalue weighted by Crippen LogP contribution is -2.45. The van der Waals surface area contributed by atoms with Crippen molar-refractivity contribution in [3.63, 3.8) is 0 Å². The number of rotatable bonds is 2. The van der Waals surface area contributed by atoms with Crippen molar-refractivity contribution in [2.24, 2.45) is 0 Å². The number of halogens is 1. The molecule has 0 saturated heterocycles. The minimum absolute atomic E-state index is 0.0115. The Morgan fingerprint density at radius 2 is 1.78 bits per heavy atom. The SMILES string of the molecule is O=C(NC1CCCC1)N1Cc2c(sc3c2CCCC3)-n2cccc2[C@@H]1c1ccc(F)cc1. The van der Waals surface area contributed by atoms with E-state index in [2.05, 4.69) is 28.2 Å². The van der Waals surface area contributed by atoms with E-state index in [4.69, 9.17) is 0 Å². The van der Waals surface area contributed by atoms with Gasteiger partial charge in [-0.25, -0.2) is 9.18 Å². The predicted molar refractivity (Wildman–Crippen MR) is 125 cm³/mol. The van der Waals surface area contributed by atoms with Crippen LogP contribution in [0, 0.1) is 5.82 Å². The van der Waals surface area contributed by atoms with Crippen molar-refractivity contribution in [1.29, 1.82) is 0 Å². The molecule has 0 spiro atoms. The molecule has 3 aliphatic rings. The van der Waals surface area contributed by atoms with E-state index in [0.29, 0.717) is 6.54 Å². The van der Waals surface area contributed by atoms with Gasteiger partial charge < -0.3 is 14.8 Å². The lowest BCUT2D eigenvalue weighted by molar-refractivity contribution is 0.176. The van der Waals surface area contributed by atoms with Crippen LogP contribution in [0.25, 0.3) is 5.00 Å². The monoisotopic (exact) mass is 449 g/mol. The molecular weight excluding hydrogens is 421 g/mol. The molecule has 2 amide bonds. The number of hydrogen-bond donors (Lipinski definition) is 1. The topological polar surface area (TPSA) is 37.3 Å². The van der Waals surface area contributed by atoms with Gasteiger partial charge in [-0.1, -0.05) is 25.0 Å². The fourth-order valence-corrected chi connectivity index (χ4v) is 7.11. The number of carbonyl (C=O) groups is 1. The first-order valence-electron chi connectivity index (χ1n) is 11.8. The average Bonchev–Trinajstić information content (AvgIpc) is 3.54. The fourth-order valence-electron chi connectivity index (χ4n) is 5.71. The second-order valence-corrected chi connectivity index (χ2v) is 10.4. The zero-order chi connectivity index (χ0) is 21.7. The summed E-state index contributed by atoms with van der Waals surface area (Å²) in [5.74, 6) is -0.257. The summed E-state index contributed by atoms with van der Waals surface area (Å²) in [5, 5.41) is 4.57. The van der Waals surface area contributed by atoms with Gasteiger partial charge in [0.05, 0.1) is 18.3 Å². The number of aromatic nitrogens is 1. The Labute approximate surface area is 192 Å². The maximum absolute atomic E-state index is 13.8. The number of urea groups is 1. The molecule has 4 nitrogen and oxygen atoms in total. The van der Waals surface area contributed by atoms with Crippen LogP contribution in [-0.4, -0.2) is 21.5 Å². The molecule has 6 heteroatoms.